The quantitative estimate of drug-likeness (QED) is 0.855. The van der Waals surface area contributed by atoms with Crippen LogP contribution in [0.4, 0.5) is 13.2 Å². The minimum Gasteiger partial charge on any atom is -0.361 e. The van der Waals surface area contributed by atoms with E-state index in [-0.39, 0.29) is 11.5 Å². The summed E-state index contributed by atoms with van der Waals surface area (Å²) >= 11 is 0. The zero-order chi connectivity index (χ0) is 11.8. The Labute approximate surface area is 90.8 Å². The fourth-order valence-corrected chi connectivity index (χ4v) is 2.28. The minimum atomic E-state index is -4.43. The van der Waals surface area contributed by atoms with Gasteiger partial charge in [-0.3, -0.25) is 0 Å². The number of hydrogen-bond donors (Lipinski definition) is 1. The summed E-state index contributed by atoms with van der Waals surface area (Å²) in [5.74, 6) is 0.230. The second-order valence-corrected chi connectivity index (χ2v) is 4.03. The van der Waals surface area contributed by atoms with Crippen LogP contribution < -0.4 is 5.73 Å². The molecular formula is C10H13F3N2O. The van der Waals surface area contributed by atoms with E-state index in [4.69, 9.17) is 10.3 Å². The van der Waals surface area contributed by atoms with E-state index in [0.29, 0.717) is 25.1 Å². The standard InChI is InChI=1S/C10H13F3N2O/c11-10(12,13)9-8-6(4-5-14)2-1-3-7(8)16-15-9/h6H,1-5,14H2. The van der Waals surface area contributed by atoms with Crippen LogP contribution >= 0.6 is 0 Å². The Balaban J connectivity index is 2.40. The van der Waals surface area contributed by atoms with Gasteiger partial charge in [0, 0.05) is 12.0 Å². The van der Waals surface area contributed by atoms with Crippen molar-refractivity contribution in [2.24, 2.45) is 5.73 Å². The molecule has 1 heterocycles. The van der Waals surface area contributed by atoms with Gasteiger partial charge in [-0.05, 0) is 31.7 Å². The highest BCUT2D eigenvalue weighted by molar-refractivity contribution is 5.31. The molecule has 1 aromatic rings. The molecule has 1 atom stereocenters. The van der Waals surface area contributed by atoms with Gasteiger partial charge in [-0.25, -0.2) is 0 Å². The Kier molecular flexibility index (Phi) is 2.92. The Morgan fingerprint density at radius 3 is 2.81 bits per heavy atom. The molecule has 1 aromatic heterocycles. The fraction of sp³-hybridized carbons (Fsp3) is 0.700. The molecule has 0 radical (unpaired) electrons. The molecule has 0 fully saturated rings. The summed E-state index contributed by atoms with van der Waals surface area (Å²) in [6.07, 6.45) is -1.77. The molecule has 90 valence electrons. The normalized spacial score (nSPS) is 20.9. The van der Waals surface area contributed by atoms with Crippen molar-refractivity contribution in [2.45, 2.75) is 37.8 Å². The Morgan fingerprint density at radius 1 is 1.44 bits per heavy atom. The van der Waals surface area contributed by atoms with Gasteiger partial charge in [-0.1, -0.05) is 5.16 Å². The molecular weight excluding hydrogens is 221 g/mol. The number of nitrogens with zero attached hydrogens (tertiary/aromatic N) is 1. The summed E-state index contributed by atoms with van der Waals surface area (Å²) in [4.78, 5) is 0. The average molecular weight is 234 g/mol. The molecule has 0 saturated heterocycles. The van der Waals surface area contributed by atoms with E-state index >= 15 is 0 Å². The van der Waals surface area contributed by atoms with Gasteiger partial charge < -0.3 is 10.3 Å². The van der Waals surface area contributed by atoms with Gasteiger partial charge in [0.2, 0.25) is 0 Å². The van der Waals surface area contributed by atoms with Crippen LogP contribution in [-0.4, -0.2) is 11.7 Å². The van der Waals surface area contributed by atoms with Crippen molar-refractivity contribution in [3.05, 3.63) is 17.0 Å². The van der Waals surface area contributed by atoms with Gasteiger partial charge >= 0.3 is 6.18 Å². The van der Waals surface area contributed by atoms with Crippen molar-refractivity contribution in [2.75, 3.05) is 6.54 Å². The molecule has 0 aliphatic heterocycles. The van der Waals surface area contributed by atoms with Crippen molar-refractivity contribution < 1.29 is 17.7 Å². The number of nitrogens with two attached hydrogens (primary N) is 1. The van der Waals surface area contributed by atoms with Gasteiger partial charge in [-0.2, -0.15) is 13.2 Å². The van der Waals surface area contributed by atoms with Crippen molar-refractivity contribution in [1.29, 1.82) is 0 Å². The molecule has 6 heteroatoms. The molecule has 2 N–H and O–H groups in total. The Bertz CT molecular complexity index is 373. The number of rotatable bonds is 2. The highest BCUT2D eigenvalue weighted by atomic mass is 19.4. The number of aryl methyl sites for hydroxylation is 1. The van der Waals surface area contributed by atoms with Crippen LogP contribution in [0.25, 0.3) is 0 Å². The van der Waals surface area contributed by atoms with Crippen LogP contribution in [0.5, 0.6) is 0 Å². The summed E-state index contributed by atoms with van der Waals surface area (Å²) in [6.45, 7) is 0.382. The zero-order valence-electron chi connectivity index (χ0n) is 8.68. The second kappa shape index (κ2) is 4.08. The van der Waals surface area contributed by atoms with E-state index < -0.39 is 11.9 Å². The number of alkyl halides is 3. The zero-order valence-corrected chi connectivity index (χ0v) is 8.68. The lowest BCUT2D eigenvalue weighted by atomic mass is 9.83. The Hall–Kier alpha value is -1.04. The summed E-state index contributed by atoms with van der Waals surface area (Å²) in [6, 6.07) is 0. The third-order valence-corrected chi connectivity index (χ3v) is 2.95. The number of hydrogen-bond acceptors (Lipinski definition) is 3. The summed E-state index contributed by atoms with van der Waals surface area (Å²) in [5.41, 5.74) is 4.79. The smallest absolute Gasteiger partial charge is 0.361 e. The van der Waals surface area contributed by atoms with Gasteiger partial charge in [0.1, 0.15) is 5.76 Å². The topological polar surface area (TPSA) is 52.0 Å². The van der Waals surface area contributed by atoms with Crippen LogP contribution in [0.1, 0.15) is 42.2 Å². The first kappa shape index (κ1) is 11.4. The van der Waals surface area contributed by atoms with Gasteiger partial charge in [0.25, 0.3) is 0 Å². The van der Waals surface area contributed by atoms with E-state index in [1.807, 2.05) is 0 Å². The third-order valence-electron chi connectivity index (χ3n) is 2.95. The van der Waals surface area contributed by atoms with Crippen LogP contribution in [0, 0.1) is 0 Å². The van der Waals surface area contributed by atoms with Crippen molar-refractivity contribution in [3.63, 3.8) is 0 Å². The van der Waals surface area contributed by atoms with E-state index in [1.165, 1.54) is 0 Å². The van der Waals surface area contributed by atoms with Gasteiger partial charge in [-0.15, -0.1) is 0 Å². The van der Waals surface area contributed by atoms with Crippen LogP contribution in [0.15, 0.2) is 4.52 Å². The lowest BCUT2D eigenvalue weighted by Crippen LogP contribution is -2.17. The highest BCUT2D eigenvalue weighted by Crippen LogP contribution is 2.42. The monoisotopic (exact) mass is 234 g/mol. The summed E-state index contributed by atoms with van der Waals surface area (Å²) < 4.78 is 42.8. The van der Waals surface area contributed by atoms with Crippen molar-refractivity contribution in [1.82, 2.24) is 5.16 Å². The van der Waals surface area contributed by atoms with E-state index in [1.54, 1.807) is 0 Å². The number of halogens is 3. The third kappa shape index (κ3) is 1.93. The van der Waals surface area contributed by atoms with Crippen LogP contribution in [0.3, 0.4) is 0 Å². The van der Waals surface area contributed by atoms with Crippen LogP contribution in [0.2, 0.25) is 0 Å². The maximum Gasteiger partial charge on any atom is 0.437 e. The summed E-state index contributed by atoms with van der Waals surface area (Å²) in [5, 5.41) is 3.16. The molecule has 0 aromatic carbocycles. The molecule has 0 bridgehead atoms. The van der Waals surface area contributed by atoms with Crippen molar-refractivity contribution >= 4 is 0 Å². The predicted octanol–water partition coefficient (Wildman–Crippen LogP) is 2.46. The molecule has 3 nitrogen and oxygen atoms in total. The van der Waals surface area contributed by atoms with E-state index in [9.17, 15) is 13.2 Å². The fourth-order valence-electron chi connectivity index (χ4n) is 2.28. The summed E-state index contributed by atoms with van der Waals surface area (Å²) in [7, 11) is 0. The first-order chi connectivity index (χ1) is 7.54. The minimum absolute atomic E-state index is 0.156. The molecule has 1 aliphatic rings. The first-order valence-corrected chi connectivity index (χ1v) is 5.29. The molecule has 0 spiro atoms. The lowest BCUT2D eigenvalue weighted by molar-refractivity contribution is -0.143. The molecule has 0 saturated carbocycles. The average Bonchev–Trinajstić information content (AvgIpc) is 2.62. The highest BCUT2D eigenvalue weighted by Gasteiger charge is 2.42. The number of aromatic nitrogens is 1. The first-order valence-electron chi connectivity index (χ1n) is 5.29. The lowest BCUT2D eigenvalue weighted by Gasteiger charge is -2.21. The van der Waals surface area contributed by atoms with E-state index in [2.05, 4.69) is 5.16 Å². The molecule has 1 aliphatic carbocycles. The maximum atomic E-state index is 12.7. The Morgan fingerprint density at radius 2 is 2.19 bits per heavy atom. The van der Waals surface area contributed by atoms with Gasteiger partial charge in [0.15, 0.2) is 5.69 Å². The van der Waals surface area contributed by atoms with Gasteiger partial charge in [0.05, 0.1) is 0 Å². The SMILES string of the molecule is NCCC1CCCc2onc(C(F)(F)F)c21. The van der Waals surface area contributed by atoms with E-state index in [0.717, 1.165) is 12.8 Å². The number of fused-ring (bicyclic) bond motifs is 1. The molecule has 1 unspecified atom stereocenters. The second-order valence-electron chi connectivity index (χ2n) is 4.03. The van der Waals surface area contributed by atoms with Crippen molar-refractivity contribution in [3.8, 4) is 0 Å². The molecule has 0 amide bonds. The molecule has 16 heavy (non-hydrogen) atoms. The largest absolute Gasteiger partial charge is 0.437 e. The predicted molar refractivity (Wildman–Crippen MR) is 50.9 cm³/mol. The van der Waals surface area contributed by atoms with Crippen LogP contribution in [-0.2, 0) is 12.6 Å². The maximum absolute atomic E-state index is 12.7. The molecule has 2 rings (SSSR count).